The molecule has 26 heavy (non-hydrogen) atoms. The molecule has 10 heteroatoms. The molecule has 4 heterocycles. The van der Waals surface area contributed by atoms with Gasteiger partial charge >= 0.3 is 0 Å². The van der Waals surface area contributed by atoms with Crippen molar-refractivity contribution in [3.8, 4) is 5.88 Å². The standard InChI is InChI=1S/C16H19N5O5/c1-16(25)11(24)8(5-22)26-15(16)21-13(17-2)7-3-4-9(23)20-12-10(7)14(21)19-6-18-12/h3-4,6,8,11,15,22-25H,5H2,1-2H3,(H,18,19,20)/t8-,11-,15-,16-/m1/s1. The number of rotatable bonds is 2. The lowest BCUT2D eigenvalue weighted by Crippen LogP contribution is -2.45. The average molecular weight is 361 g/mol. The van der Waals surface area contributed by atoms with E-state index in [-0.39, 0.29) is 5.88 Å². The van der Waals surface area contributed by atoms with E-state index < -0.39 is 30.6 Å². The lowest BCUT2D eigenvalue weighted by atomic mass is 9.96. The third-order valence-corrected chi connectivity index (χ3v) is 4.82. The zero-order valence-electron chi connectivity index (χ0n) is 14.2. The van der Waals surface area contributed by atoms with Gasteiger partial charge in [0.25, 0.3) is 0 Å². The van der Waals surface area contributed by atoms with Crippen LogP contribution in [0.25, 0.3) is 22.1 Å². The van der Waals surface area contributed by atoms with E-state index in [0.29, 0.717) is 27.6 Å². The number of nitrogens with zero attached hydrogens (tertiary/aromatic N) is 4. The van der Waals surface area contributed by atoms with E-state index in [1.807, 2.05) is 0 Å². The number of hydrogen-bond acceptors (Lipinski definition) is 8. The summed E-state index contributed by atoms with van der Waals surface area (Å²) in [7, 11) is 1.58. The molecule has 0 spiro atoms. The number of H-pyrrole nitrogens is 1. The molecule has 0 saturated carbocycles. The van der Waals surface area contributed by atoms with Crippen molar-refractivity contribution >= 4 is 22.1 Å². The Bertz CT molecular complexity index is 1060. The molecule has 1 fully saturated rings. The van der Waals surface area contributed by atoms with Gasteiger partial charge in [-0.1, -0.05) is 0 Å². The second-order valence-electron chi connectivity index (χ2n) is 6.46. The number of aromatic nitrogens is 4. The van der Waals surface area contributed by atoms with Crippen LogP contribution in [0, 0.1) is 0 Å². The molecule has 0 aliphatic carbocycles. The van der Waals surface area contributed by atoms with Crippen LogP contribution >= 0.6 is 0 Å². The third-order valence-electron chi connectivity index (χ3n) is 4.82. The van der Waals surface area contributed by atoms with Crippen LogP contribution in [0.15, 0.2) is 23.5 Å². The van der Waals surface area contributed by atoms with E-state index in [9.17, 15) is 20.4 Å². The van der Waals surface area contributed by atoms with E-state index in [1.54, 1.807) is 17.7 Å². The van der Waals surface area contributed by atoms with Crippen molar-refractivity contribution in [3.63, 3.8) is 0 Å². The highest BCUT2D eigenvalue weighted by Crippen LogP contribution is 2.39. The van der Waals surface area contributed by atoms with Crippen molar-refractivity contribution < 1.29 is 25.2 Å². The summed E-state index contributed by atoms with van der Waals surface area (Å²) in [6, 6.07) is 3.08. The number of hydrogen-bond donors (Lipinski definition) is 5. The molecule has 0 aromatic carbocycles. The molecule has 1 saturated heterocycles. The van der Waals surface area contributed by atoms with E-state index in [2.05, 4.69) is 19.9 Å². The molecule has 10 nitrogen and oxygen atoms in total. The Balaban J connectivity index is 2.10. The van der Waals surface area contributed by atoms with Gasteiger partial charge in [0.2, 0.25) is 5.88 Å². The van der Waals surface area contributed by atoms with Crippen molar-refractivity contribution in [2.75, 3.05) is 13.7 Å². The molecule has 1 aliphatic heterocycles. The van der Waals surface area contributed by atoms with Gasteiger partial charge in [0, 0.05) is 18.5 Å². The van der Waals surface area contributed by atoms with Crippen LogP contribution in [0.5, 0.6) is 5.88 Å². The monoisotopic (exact) mass is 361 g/mol. The average Bonchev–Trinajstić information content (AvgIpc) is 2.97. The molecule has 0 amide bonds. The SMILES string of the molecule is CN=c1c2ccc(O)nc3[nH]cnc(c32)n1[C@@H]1O[C@H](CO)[C@@H](O)[C@@]1(C)O. The Kier molecular flexibility index (Phi) is 3.74. The fourth-order valence-corrected chi connectivity index (χ4v) is 3.54. The number of aliphatic hydroxyl groups excluding tert-OH is 2. The first-order valence-corrected chi connectivity index (χ1v) is 8.07. The maximum Gasteiger partial charge on any atom is 0.212 e. The van der Waals surface area contributed by atoms with Crippen LogP contribution in [0.3, 0.4) is 0 Å². The quantitative estimate of drug-likeness (QED) is 0.399. The smallest absolute Gasteiger partial charge is 0.212 e. The van der Waals surface area contributed by atoms with Gasteiger partial charge in [-0.2, -0.15) is 4.98 Å². The summed E-state index contributed by atoms with van der Waals surface area (Å²) in [6.07, 6.45) is -1.86. The lowest BCUT2D eigenvalue weighted by Gasteiger charge is -2.27. The predicted molar refractivity (Wildman–Crippen MR) is 90.2 cm³/mol. The molecule has 4 rings (SSSR count). The zero-order chi connectivity index (χ0) is 18.6. The Morgan fingerprint density at radius 2 is 2.19 bits per heavy atom. The van der Waals surface area contributed by atoms with Crippen LogP contribution in [-0.2, 0) is 4.74 Å². The Labute approximate surface area is 147 Å². The molecule has 3 aromatic rings. The molecule has 0 unspecified atom stereocenters. The maximum atomic E-state index is 10.9. The number of aromatic hydroxyl groups is 1. The van der Waals surface area contributed by atoms with Crippen LogP contribution in [0.2, 0.25) is 0 Å². The summed E-state index contributed by atoms with van der Waals surface area (Å²) in [4.78, 5) is 15.6. The van der Waals surface area contributed by atoms with Crippen molar-refractivity contribution in [2.24, 2.45) is 4.99 Å². The first-order chi connectivity index (χ1) is 12.4. The Hall–Kier alpha value is -2.53. The van der Waals surface area contributed by atoms with Gasteiger partial charge < -0.3 is 30.1 Å². The van der Waals surface area contributed by atoms with Gasteiger partial charge in [-0.3, -0.25) is 9.56 Å². The minimum Gasteiger partial charge on any atom is -0.493 e. The highest BCUT2D eigenvalue weighted by molar-refractivity contribution is 6.04. The Morgan fingerprint density at radius 3 is 2.85 bits per heavy atom. The normalized spacial score (nSPS) is 29.9. The van der Waals surface area contributed by atoms with Gasteiger partial charge in [0.05, 0.1) is 18.3 Å². The van der Waals surface area contributed by atoms with Gasteiger partial charge in [0.15, 0.2) is 6.23 Å². The topological polar surface area (TPSA) is 149 Å². The van der Waals surface area contributed by atoms with Crippen LogP contribution in [0.1, 0.15) is 13.2 Å². The minimum atomic E-state index is -1.68. The summed E-state index contributed by atoms with van der Waals surface area (Å²) in [6.45, 7) is 0.994. The number of ether oxygens (including phenoxy) is 1. The first kappa shape index (κ1) is 16.9. The molecular weight excluding hydrogens is 342 g/mol. The predicted octanol–water partition coefficient (Wildman–Crippen LogP) is -0.850. The fraction of sp³-hybridized carbons (Fsp3) is 0.438. The summed E-state index contributed by atoms with van der Waals surface area (Å²) in [5, 5.41) is 41.7. The summed E-state index contributed by atoms with van der Waals surface area (Å²) < 4.78 is 7.31. The molecular formula is C16H19N5O5. The summed E-state index contributed by atoms with van der Waals surface area (Å²) in [5.74, 6) is -0.168. The van der Waals surface area contributed by atoms with E-state index in [4.69, 9.17) is 4.74 Å². The molecule has 0 bridgehead atoms. The van der Waals surface area contributed by atoms with E-state index in [0.717, 1.165) is 0 Å². The molecule has 138 valence electrons. The van der Waals surface area contributed by atoms with Crippen LogP contribution < -0.4 is 5.49 Å². The van der Waals surface area contributed by atoms with Crippen LogP contribution in [-0.4, -0.2) is 71.4 Å². The van der Waals surface area contributed by atoms with Gasteiger partial charge in [-0.05, 0) is 13.0 Å². The van der Waals surface area contributed by atoms with Crippen molar-refractivity contribution in [3.05, 3.63) is 23.9 Å². The zero-order valence-corrected chi connectivity index (χ0v) is 14.2. The van der Waals surface area contributed by atoms with Crippen molar-refractivity contribution in [2.45, 2.75) is 31.0 Å². The molecule has 4 atom stereocenters. The van der Waals surface area contributed by atoms with Crippen LogP contribution in [0.4, 0.5) is 0 Å². The molecule has 5 N–H and O–H groups in total. The van der Waals surface area contributed by atoms with E-state index in [1.165, 1.54) is 19.3 Å². The van der Waals surface area contributed by atoms with Gasteiger partial charge in [-0.25, -0.2) is 4.98 Å². The van der Waals surface area contributed by atoms with Crippen molar-refractivity contribution in [1.82, 2.24) is 19.5 Å². The molecule has 3 aromatic heterocycles. The number of nitrogens with one attached hydrogen (secondary N) is 1. The maximum absolute atomic E-state index is 10.9. The summed E-state index contributed by atoms with van der Waals surface area (Å²) in [5.41, 5.74) is -0.455. The highest BCUT2D eigenvalue weighted by atomic mass is 16.6. The fourth-order valence-electron chi connectivity index (χ4n) is 3.54. The number of aliphatic hydroxyl groups is 3. The lowest BCUT2D eigenvalue weighted by molar-refractivity contribution is -0.0962. The summed E-state index contributed by atoms with van der Waals surface area (Å²) >= 11 is 0. The third kappa shape index (κ3) is 2.16. The number of aromatic amines is 1. The molecule has 0 radical (unpaired) electrons. The highest BCUT2D eigenvalue weighted by Gasteiger charge is 2.53. The minimum absolute atomic E-state index is 0.168. The van der Waals surface area contributed by atoms with E-state index >= 15 is 0 Å². The second-order valence-corrected chi connectivity index (χ2v) is 6.46. The first-order valence-electron chi connectivity index (χ1n) is 8.07. The second kappa shape index (κ2) is 5.74. The van der Waals surface area contributed by atoms with Gasteiger partial charge in [0.1, 0.15) is 34.6 Å². The molecule has 1 aliphatic rings. The Morgan fingerprint density at radius 1 is 1.42 bits per heavy atom. The van der Waals surface area contributed by atoms with Crippen molar-refractivity contribution in [1.29, 1.82) is 0 Å². The van der Waals surface area contributed by atoms with Gasteiger partial charge in [-0.15, -0.1) is 0 Å². The largest absolute Gasteiger partial charge is 0.493 e.